The fourth-order valence-electron chi connectivity index (χ4n) is 8.08. The van der Waals surface area contributed by atoms with Gasteiger partial charge in [0.1, 0.15) is 28.4 Å². The number of ketones is 2. The molecule has 0 amide bonds. The molecule has 3 aliphatic heterocycles. The molecule has 2 fully saturated rings. The molecule has 1 unspecified atom stereocenters. The number of carbonyl (C=O) groups excluding carboxylic acids is 2. The molecule has 0 aromatic heterocycles. The van der Waals surface area contributed by atoms with Gasteiger partial charge in [0, 0.05) is 41.4 Å². The Morgan fingerprint density at radius 2 is 1.77 bits per heavy atom. The van der Waals surface area contributed by atoms with Crippen LogP contribution in [-0.4, -0.2) is 60.9 Å². The lowest BCUT2D eigenvalue weighted by atomic mass is 9.51. The summed E-state index contributed by atoms with van der Waals surface area (Å²) >= 11 is 0. The molecule has 9 heteroatoms. The van der Waals surface area contributed by atoms with Gasteiger partial charge in [-0.2, -0.15) is 0 Å². The van der Waals surface area contributed by atoms with Gasteiger partial charge in [-0.3, -0.25) is 9.59 Å². The third-order valence-corrected chi connectivity index (χ3v) is 10.3. The summed E-state index contributed by atoms with van der Waals surface area (Å²) in [6.07, 6.45) is 13.3. The number of Topliss-reactive ketones (excluding diaryl/α,β-unsaturated/α-hetero) is 2. The number of rotatable bonds is 8. The minimum Gasteiger partial charge on any atom is -0.506 e. The van der Waals surface area contributed by atoms with Crippen LogP contribution in [0, 0.1) is 11.8 Å². The van der Waals surface area contributed by atoms with E-state index in [1.165, 1.54) is 13.0 Å². The van der Waals surface area contributed by atoms with E-state index in [4.69, 9.17) is 14.2 Å². The van der Waals surface area contributed by atoms with E-state index < -0.39 is 51.6 Å². The molecule has 1 aromatic rings. The van der Waals surface area contributed by atoms with Crippen molar-refractivity contribution in [2.75, 3.05) is 0 Å². The summed E-state index contributed by atoms with van der Waals surface area (Å²) in [7, 11) is 0. The van der Waals surface area contributed by atoms with Gasteiger partial charge in [-0.05, 0) is 80.4 Å². The monoisotopic (exact) mass is 644 g/mol. The van der Waals surface area contributed by atoms with Crippen molar-refractivity contribution in [3.05, 3.63) is 69.9 Å². The fraction of sp³-hybridized carbons (Fsp3) is 0.500. The first-order chi connectivity index (χ1) is 21.8. The molecule has 5 atom stereocenters. The summed E-state index contributed by atoms with van der Waals surface area (Å²) in [6, 6.07) is 0. The number of phenols is 1. The third kappa shape index (κ3) is 4.84. The Hall–Kier alpha value is -3.95. The van der Waals surface area contributed by atoms with Gasteiger partial charge in [-0.25, -0.2) is 4.79 Å². The van der Waals surface area contributed by atoms with E-state index in [1.807, 2.05) is 52.8 Å². The lowest BCUT2D eigenvalue weighted by molar-refractivity contribution is -0.171. The zero-order chi connectivity index (χ0) is 34.5. The number of hydrogen-bond donors (Lipinski definition) is 3. The first-order valence-corrected chi connectivity index (χ1v) is 16.2. The molecule has 3 heterocycles. The molecule has 6 aliphatic rings. The van der Waals surface area contributed by atoms with Crippen LogP contribution >= 0.6 is 0 Å². The maximum Gasteiger partial charge on any atom is 0.330 e. The summed E-state index contributed by atoms with van der Waals surface area (Å²) in [5.41, 5.74) is -3.67. The number of carboxylic acids is 1. The largest absolute Gasteiger partial charge is 0.506 e. The highest BCUT2D eigenvalue weighted by Gasteiger charge is 2.81. The van der Waals surface area contributed by atoms with E-state index in [9.17, 15) is 29.7 Å². The van der Waals surface area contributed by atoms with Crippen LogP contribution in [0.25, 0.3) is 6.08 Å². The zero-order valence-electron chi connectivity index (χ0n) is 28.3. The molecular formula is C38H44O9. The summed E-state index contributed by atoms with van der Waals surface area (Å²) < 4.78 is 20.5. The highest BCUT2D eigenvalue weighted by Crippen LogP contribution is 2.68. The number of aromatic hydroxyl groups is 1. The van der Waals surface area contributed by atoms with Gasteiger partial charge in [-0.1, -0.05) is 36.0 Å². The zero-order valence-corrected chi connectivity index (χ0v) is 28.3. The number of allylic oxidation sites excluding steroid dienone is 3. The van der Waals surface area contributed by atoms with Crippen molar-refractivity contribution in [1.29, 1.82) is 0 Å². The summed E-state index contributed by atoms with van der Waals surface area (Å²) in [6.45, 7) is 14.4. The predicted octanol–water partition coefficient (Wildman–Crippen LogP) is 6.21. The van der Waals surface area contributed by atoms with E-state index in [2.05, 4.69) is 0 Å². The highest BCUT2D eigenvalue weighted by molar-refractivity contribution is 6.19. The number of carbonyl (C=O) groups is 3. The molecule has 1 aromatic carbocycles. The maximum absolute atomic E-state index is 14.7. The number of aliphatic carboxylic acids is 1. The van der Waals surface area contributed by atoms with Crippen LogP contribution in [0.1, 0.15) is 96.1 Å². The SMILES string of the molecule is CC(C)=CCc1c2c(c(O)c3c1O[C@]14C(=C[C@@H]5CC1C(C)(C)O[C@@]4(C/C=C(/C)C(=O)O)C5=O)C3=O)C=C[C@@](C)(C/C=C/C(C)(C)O)O2. The molecule has 7 rings (SSSR count). The lowest BCUT2D eigenvalue weighted by Gasteiger charge is -2.56. The average Bonchev–Trinajstić information content (AvgIpc) is 3.11. The van der Waals surface area contributed by atoms with Crippen LogP contribution in [0.4, 0.5) is 0 Å². The maximum atomic E-state index is 14.7. The van der Waals surface area contributed by atoms with Crippen molar-refractivity contribution >= 4 is 23.6 Å². The number of phenolic OH excluding ortho intramolecular Hbond substituents is 1. The van der Waals surface area contributed by atoms with E-state index in [-0.39, 0.29) is 40.4 Å². The topological polar surface area (TPSA) is 140 Å². The Morgan fingerprint density at radius 1 is 1.06 bits per heavy atom. The van der Waals surface area contributed by atoms with Crippen LogP contribution < -0.4 is 9.47 Å². The molecule has 9 nitrogen and oxygen atoms in total. The second-order valence-electron chi connectivity index (χ2n) is 15.2. The van der Waals surface area contributed by atoms with Gasteiger partial charge in [0.05, 0.1) is 16.8 Å². The number of benzene rings is 1. The van der Waals surface area contributed by atoms with Crippen molar-refractivity contribution in [3.63, 3.8) is 0 Å². The second kappa shape index (κ2) is 10.5. The van der Waals surface area contributed by atoms with E-state index in [1.54, 1.807) is 32.1 Å². The van der Waals surface area contributed by atoms with Gasteiger partial charge in [0.25, 0.3) is 0 Å². The predicted molar refractivity (Wildman–Crippen MR) is 176 cm³/mol. The summed E-state index contributed by atoms with van der Waals surface area (Å²) in [5.74, 6) is -2.58. The number of carboxylic acid groups (broad SMARTS) is 1. The minimum atomic E-state index is -1.66. The van der Waals surface area contributed by atoms with Crippen molar-refractivity contribution in [1.82, 2.24) is 0 Å². The quantitative estimate of drug-likeness (QED) is 0.223. The first kappa shape index (κ1) is 33.0. The van der Waals surface area contributed by atoms with Crippen molar-refractivity contribution in [3.8, 4) is 17.2 Å². The molecule has 4 bridgehead atoms. The highest BCUT2D eigenvalue weighted by atomic mass is 16.6. The molecule has 250 valence electrons. The molecule has 0 radical (unpaired) electrons. The average molecular weight is 645 g/mol. The van der Waals surface area contributed by atoms with Crippen LogP contribution in [0.3, 0.4) is 0 Å². The Kier molecular flexibility index (Phi) is 7.38. The molecule has 47 heavy (non-hydrogen) atoms. The number of fused-ring (bicyclic) bond motifs is 2. The van der Waals surface area contributed by atoms with Gasteiger partial charge in [0.2, 0.25) is 0 Å². The normalized spacial score (nSPS) is 31.5. The smallest absolute Gasteiger partial charge is 0.330 e. The van der Waals surface area contributed by atoms with Gasteiger partial charge in [-0.15, -0.1) is 0 Å². The summed E-state index contributed by atoms with van der Waals surface area (Å²) in [4.78, 5) is 40.8. The molecule has 1 spiro atoms. The summed E-state index contributed by atoms with van der Waals surface area (Å²) in [5, 5.41) is 31.6. The van der Waals surface area contributed by atoms with Crippen LogP contribution in [0.2, 0.25) is 0 Å². The van der Waals surface area contributed by atoms with E-state index in [0.717, 1.165) is 5.57 Å². The Labute approximate surface area is 275 Å². The molecular weight excluding hydrogens is 600 g/mol. The van der Waals surface area contributed by atoms with Gasteiger partial charge < -0.3 is 29.5 Å². The Bertz CT molecular complexity index is 1760. The Morgan fingerprint density at radius 3 is 2.40 bits per heavy atom. The fourth-order valence-corrected chi connectivity index (χ4v) is 8.08. The molecule has 1 saturated heterocycles. The van der Waals surface area contributed by atoms with E-state index >= 15 is 0 Å². The van der Waals surface area contributed by atoms with Crippen molar-refractivity contribution in [2.45, 2.75) is 109 Å². The van der Waals surface area contributed by atoms with Crippen LogP contribution in [0.5, 0.6) is 17.2 Å². The van der Waals surface area contributed by atoms with Gasteiger partial charge in [0.15, 0.2) is 22.8 Å². The van der Waals surface area contributed by atoms with E-state index in [0.29, 0.717) is 36.1 Å². The number of ether oxygens (including phenoxy) is 3. The molecule has 3 aliphatic carbocycles. The van der Waals surface area contributed by atoms with Crippen LogP contribution in [0.15, 0.2) is 53.2 Å². The Balaban J connectivity index is 1.58. The number of aliphatic hydroxyl groups is 1. The van der Waals surface area contributed by atoms with Crippen LogP contribution in [-0.2, 0) is 20.7 Å². The first-order valence-electron chi connectivity index (χ1n) is 16.2. The molecule has 3 N–H and O–H groups in total. The number of hydrogen-bond acceptors (Lipinski definition) is 8. The minimum absolute atomic E-state index is 0.0150. The lowest BCUT2D eigenvalue weighted by Crippen LogP contribution is -2.72. The van der Waals surface area contributed by atoms with Crippen molar-refractivity contribution in [2.24, 2.45) is 11.8 Å². The second-order valence-corrected chi connectivity index (χ2v) is 15.2. The van der Waals surface area contributed by atoms with Crippen molar-refractivity contribution < 1.29 is 43.9 Å². The standard InChI is InChI=1S/C38H44O9/c1-20(2)10-11-24-30-23(13-16-36(8,45-30)15-9-14-34(4,5)44)28(39)27-29(40)25-18-22-19-26-35(6,7)47-37(32(22)41,17-12-21(3)33(42)43)38(25,26)46-31(24)27/h9-10,12-14,16,18,22,26,39,44H,11,15,17,19H2,1-8H3,(H,42,43)/b14-9+,21-12-/t22-,26?,36-,37+,38-/m1/s1. The van der Waals surface area contributed by atoms with Gasteiger partial charge >= 0.3 is 5.97 Å². The molecule has 1 saturated carbocycles. The third-order valence-electron chi connectivity index (χ3n) is 10.3.